The lowest BCUT2D eigenvalue weighted by molar-refractivity contribution is 0.390. The maximum absolute atomic E-state index is 13.8. The quantitative estimate of drug-likeness (QED) is 0.835. The van der Waals surface area contributed by atoms with Crippen molar-refractivity contribution in [3.05, 3.63) is 34.1 Å². The van der Waals surface area contributed by atoms with Gasteiger partial charge < -0.3 is 5.32 Å². The Morgan fingerprint density at radius 2 is 2.25 bits per heavy atom. The molecule has 0 radical (unpaired) electrons. The summed E-state index contributed by atoms with van der Waals surface area (Å²) in [5.41, 5.74) is 1.85. The standard InChI is InChI=1S/C13H17ClFN/c1-8(2)5-10-6-11-9(7-16-10)3-4-12(14)13(11)15/h3-4,8,10,16H,5-7H2,1-2H3. The van der Waals surface area contributed by atoms with Gasteiger partial charge in [0.1, 0.15) is 5.82 Å². The van der Waals surface area contributed by atoms with Gasteiger partial charge in [0.15, 0.2) is 0 Å². The van der Waals surface area contributed by atoms with Crippen molar-refractivity contribution in [2.45, 2.75) is 39.3 Å². The van der Waals surface area contributed by atoms with E-state index in [0.29, 0.717) is 12.0 Å². The molecule has 1 N–H and O–H groups in total. The van der Waals surface area contributed by atoms with Crippen LogP contribution in [-0.2, 0) is 13.0 Å². The van der Waals surface area contributed by atoms with Gasteiger partial charge in [-0.1, -0.05) is 31.5 Å². The largest absolute Gasteiger partial charge is 0.310 e. The summed E-state index contributed by atoms with van der Waals surface area (Å²) in [6, 6.07) is 3.93. The van der Waals surface area contributed by atoms with E-state index in [9.17, 15) is 4.39 Å². The van der Waals surface area contributed by atoms with Crippen molar-refractivity contribution in [3.8, 4) is 0 Å². The molecule has 88 valence electrons. The third kappa shape index (κ3) is 2.38. The van der Waals surface area contributed by atoms with Gasteiger partial charge in [-0.25, -0.2) is 4.39 Å². The average Bonchev–Trinajstić information content (AvgIpc) is 2.23. The highest BCUT2D eigenvalue weighted by molar-refractivity contribution is 6.30. The van der Waals surface area contributed by atoms with E-state index in [1.165, 1.54) is 0 Å². The molecule has 0 saturated heterocycles. The molecule has 1 heterocycles. The fourth-order valence-corrected chi connectivity index (χ4v) is 2.50. The monoisotopic (exact) mass is 241 g/mol. The number of rotatable bonds is 2. The van der Waals surface area contributed by atoms with E-state index in [1.807, 2.05) is 6.07 Å². The summed E-state index contributed by atoms with van der Waals surface area (Å²) >= 11 is 5.80. The lowest BCUT2D eigenvalue weighted by Crippen LogP contribution is -2.37. The predicted molar refractivity (Wildman–Crippen MR) is 65.2 cm³/mol. The molecule has 0 amide bonds. The number of hydrogen-bond donors (Lipinski definition) is 1. The maximum atomic E-state index is 13.8. The van der Waals surface area contributed by atoms with E-state index >= 15 is 0 Å². The van der Waals surface area contributed by atoms with Crippen molar-refractivity contribution >= 4 is 11.6 Å². The van der Waals surface area contributed by atoms with Crippen LogP contribution < -0.4 is 5.32 Å². The highest BCUT2D eigenvalue weighted by atomic mass is 35.5. The van der Waals surface area contributed by atoms with E-state index in [1.54, 1.807) is 6.07 Å². The molecule has 1 aromatic rings. The molecule has 1 unspecified atom stereocenters. The van der Waals surface area contributed by atoms with Crippen LogP contribution in [0.4, 0.5) is 4.39 Å². The maximum Gasteiger partial charge on any atom is 0.145 e. The number of halogens is 2. The van der Waals surface area contributed by atoms with E-state index in [-0.39, 0.29) is 10.8 Å². The van der Waals surface area contributed by atoms with Crippen molar-refractivity contribution < 1.29 is 4.39 Å². The molecule has 1 aromatic carbocycles. The SMILES string of the molecule is CC(C)CC1Cc2c(ccc(Cl)c2F)CN1. The van der Waals surface area contributed by atoms with E-state index in [4.69, 9.17) is 11.6 Å². The first kappa shape index (κ1) is 11.9. The molecule has 0 aromatic heterocycles. The van der Waals surface area contributed by atoms with Gasteiger partial charge in [-0.2, -0.15) is 0 Å². The lowest BCUT2D eigenvalue weighted by atomic mass is 9.91. The van der Waals surface area contributed by atoms with Gasteiger partial charge in [0.05, 0.1) is 5.02 Å². The topological polar surface area (TPSA) is 12.0 Å². The van der Waals surface area contributed by atoms with Gasteiger partial charge in [-0.05, 0) is 36.0 Å². The second-order valence-electron chi connectivity index (χ2n) is 4.91. The van der Waals surface area contributed by atoms with Crippen LogP contribution in [0.25, 0.3) is 0 Å². The Morgan fingerprint density at radius 1 is 1.50 bits per heavy atom. The zero-order chi connectivity index (χ0) is 11.7. The van der Waals surface area contributed by atoms with E-state index in [2.05, 4.69) is 19.2 Å². The molecule has 0 bridgehead atoms. The van der Waals surface area contributed by atoms with Crippen LogP contribution in [0.3, 0.4) is 0 Å². The Morgan fingerprint density at radius 3 is 2.94 bits per heavy atom. The molecule has 16 heavy (non-hydrogen) atoms. The van der Waals surface area contributed by atoms with Crippen LogP contribution >= 0.6 is 11.6 Å². The van der Waals surface area contributed by atoms with Gasteiger partial charge in [0.25, 0.3) is 0 Å². The summed E-state index contributed by atoms with van der Waals surface area (Å²) in [7, 11) is 0. The van der Waals surface area contributed by atoms with E-state index in [0.717, 1.165) is 30.5 Å². The second kappa shape index (κ2) is 4.72. The first-order valence-electron chi connectivity index (χ1n) is 5.77. The minimum atomic E-state index is -0.227. The third-order valence-electron chi connectivity index (χ3n) is 3.08. The average molecular weight is 242 g/mol. The smallest absolute Gasteiger partial charge is 0.145 e. The second-order valence-corrected chi connectivity index (χ2v) is 5.32. The Hall–Kier alpha value is -0.600. The van der Waals surface area contributed by atoms with Gasteiger partial charge in [0.2, 0.25) is 0 Å². The zero-order valence-corrected chi connectivity index (χ0v) is 10.4. The van der Waals surface area contributed by atoms with Crippen LogP contribution in [0.1, 0.15) is 31.4 Å². The summed E-state index contributed by atoms with van der Waals surface area (Å²) in [5.74, 6) is 0.399. The Kier molecular flexibility index (Phi) is 3.50. The Labute approximate surface area is 101 Å². The number of nitrogens with one attached hydrogen (secondary N) is 1. The first-order chi connectivity index (χ1) is 7.58. The van der Waals surface area contributed by atoms with Crippen molar-refractivity contribution in [2.24, 2.45) is 5.92 Å². The minimum Gasteiger partial charge on any atom is -0.310 e. The van der Waals surface area contributed by atoms with Gasteiger partial charge in [0, 0.05) is 12.6 Å². The third-order valence-corrected chi connectivity index (χ3v) is 3.37. The van der Waals surface area contributed by atoms with Crippen LogP contribution in [0.2, 0.25) is 5.02 Å². The van der Waals surface area contributed by atoms with Crippen molar-refractivity contribution in [3.63, 3.8) is 0 Å². The molecule has 0 fully saturated rings. The summed E-state index contributed by atoms with van der Waals surface area (Å²) < 4.78 is 13.8. The summed E-state index contributed by atoms with van der Waals surface area (Å²) in [4.78, 5) is 0. The molecular weight excluding hydrogens is 225 g/mol. The fraction of sp³-hybridized carbons (Fsp3) is 0.538. The highest BCUT2D eigenvalue weighted by Gasteiger charge is 2.22. The van der Waals surface area contributed by atoms with Crippen molar-refractivity contribution in [2.75, 3.05) is 0 Å². The van der Waals surface area contributed by atoms with Crippen molar-refractivity contribution in [1.29, 1.82) is 0 Å². The molecule has 1 nitrogen and oxygen atoms in total. The molecule has 0 aliphatic carbocycles. The Balaban J connectivity index is 2.22. The Bertz CT molecular complexity index is 390. The highest BCUT2D eigenvalue weighted by Crippen LogP contribution is 2.27. The van der Waals surface area contributed by atoms with Crippen LogP contribution in [-0.4, -0.2) is 6.04 Å². The molecular formula is C13H17ClFN. The predicted octanol–water partition coefficient (Wildman–Crippen LogP) is 3.54. The van der Waals surface area contributed by atoms with Gasteiger partial charge in [-0.3, -0.25) is 0 Å². The molecule has 3 heteroatoms. The summed E-state index contributed by atoms with van der Waals surface area (Å²) in [5, 5.41) is 3.68. The zero-order valence-electron chi connectivity index (χ0n) is 9.69. The van der Waals surface area contributed by atoms with Crippen LogP contribution in [0.5, 0.6) is 0 Å². The van der Waals surface area contributed by atoms with Crippen LogP contribution in [0, 0.1) is 11.7 Å². The molecule has 1 aliphatic heterocycles. The normalized spacial score (nSPS) is 19.9. The van der Waals surface area contributed by atoms with Gasteiger partial charge in [-0.15, -0.1) is 0 Å². The summed E-state index contributed by atoms with van der Waals surface area (Å²) in [6.07, 6.45) is 1.82. The number of hydrogen-bond acceptors (Lipinski definition) is 1. The minimum absolute atomic E-state index is 0.227. The molecule has 0 spiro atoms. The first-order valence-corrected chi connectivity index (χ1v) is 6.15. The molecule has 1 aliphatic rings. The number of fused-ring (bicyclic) bond motifs is 1. The van der Waals surface area contributed by atoms with E-state index < -0.39 is 0 Å². The molecule has 0 saturated carbocycles. The number of benzene rings is 1. The molecule has 2 rings (SSSR count). The lowest BCUT2D eigenvalue weighted by Gasteiger charge is -2.28. The van der Waals surface area contributed by atoms with Crippen LogP contribution in [0.15, 0.2) is 12.1 Å². The molecule has 1 atom stereocenters. The van der Waals surface area contributed by atoms with Gasteiger partial charge >= 0.3 is 0 Å². The van der Waals surface area contributed by atoms with Crippen molar-refractivity contribution in [1.82, 2.24) is 5.32 Å². The fourth-order valence-electron chi connectivity index (χ4n) is 2.33. The summed E-state index contributed by atoms with van der Waals surface area (Å²) in [6.45, 7) is 5.12.